The molecule has 5 nitrogen and oxygen atoms in total. The van der Waals surface area contributed by atoms with Crippen molar-refractivity contribution >= 4 is 21.6 Å². The van der Waals surface area contributed by atoms with Gasteiger partial charge in [0.05, 0.1) is 11.9 Å². The molecule has 6 heteroatoms. The molecular formula is C15H19BrN4O. The predicted molar refractivity (Wildman–Crippen MR) is 88.4 cm³/mol. The molecule has 0 unspecified atom stereocenters. The SMILES string of the molecule is CCn1ncc(NCc2ccc(CCN)cc2)c(Br)c1=O. The minimum Gasteiger partial charge on any atom is -0.379 e. The number of halogens is 1. The quantitative estimate of drug-likeness (QED) is 0.836. The van der Waals surface area contributed by atoms with Crippen LogP contribution in [-0.2, 0) is 19.5 Å². The van der Waals surface area contributed by atoms with E-state index in [1.54, 1.807) is 6.20 Å². The van der Waals surface area contributed by atoms with Gasteiger partial charge in [-0.15, -0.1) is 0 Å². The van der Waals surface area contributed by atoms with Crippen molar-refractivity contribution in [1.82, 2.24) is 9.78 Å². The number of anilines is 1. The maximum Gasteiger partial charge on any atom is 0.283 e. The van der Waals surface area contributed by atoms with Crippen LogP contribution in [0.15, 0.2) is 39.7 Å². The topological polar surface area (TPSA) is 72.9 Å². The van der Waals surface area contributed by atoms with Gasteiger partial charge in [0, 0.05) is 13.1 Å². The van der Waals surface area contributed by atoms with E-state index in [0.717, 1.165) is 12.0 Å². The van der Waals surface area contributed by atoms with Crippen molar-refractivity contribution < 1.29 is 0 Å². The summed E-state index contributed by atoms with van der Waals surface area (Å²) in [4.78, 5) is 12.0. The molecule has 1 aromatic heterocycles. The molecule has 0 saturated heterocycles. The van der Waals surface area contributed by atoms with E-state index in [4.69, 9.17) is 5.73 Å². The van der Waals surface area contributed by atoms with Crippen LogP contribution in [0.1, 0.15) is 18.1 Å². The minimum absolute atomic E-state index is 0.124. The fourth-order valence-electron chi connectivity index (χ4n) is 2.00. The summed E-state index contributed by atoms with van der Waals surface area (Å²) in [6.07, 6.45) is 2.55. The van der Waals surface area contributed by atoms with Gasteiger partial charge in [-0.3, -0.25) is 4.79 Å². The van der Waals surface area contributed by atoms with Crippen molar-refractivity contribution in [1.29, 1.82) is 0 Å². The van der Waals surface area contributed by atoms with Crippen LogP contribution in [-0.4, -0.2) is 16.3 Å². The Labute approximate surface area is 132 Å². The molecule has 0 atom stereocenters. The van der Waals surface area contributed by atoms with E-state index in [-0.39, 0.29) is 5.56 Å². The Hall–Kier alpha value is -1.66. The molecule has 1 heterocycles. The Kier molecular flexibility index (Phi) is 5.52. The average molecular weight is 351 g/mol. The largest absolute Gasteiger partial charge is 0.379 e. The van der Waals surface area contributed by atoms with Crippen LogP contribution in [0.5, 0.6) is 0 Å². The van der Waals surface area contributed by atoms with Gasteiger partial charge in [-0.05, 0) is 46.9 Å². The smallest absolute Gasteiger partial charge is 0.283 e. The first-order valence-electron chi connectivity index (χ1n) is 6.93. The highest BCUT2D eigenvalue weighted by molar-refractivity contribution is 9.10. The lowest BCUT2D eigenvalue weighted by Gasteiger charge is -2.10. The van der Waals surface area contributed by atoms with Crippen molar-refractivity contribution in [2.24, 2.45) is 5.73 Å². The van der Waals surface area contributed by atoms with E-state index >= 15 is 0 Å². The van der Waals surface area contributed by atoms with Gasteiger partial charge in [-0.1, -0.05) is 24.3 Å². The van der Waals surface area contributed by atoms with Gasteiger partial charge < -0.3 is 11.1 Å². The zero-order valence-electron chi connectivity index (χ0n) is 12.0. The summed E-state index contributed by atoms with van der Waals surface area (Å²) in [6, 6.07) is 8.28. The number of aromatic nitrogens is 2. The number of nitrogens with two attached hydrogens (primary N) is 1. The molecule has 0 radical (unpaired) electrons. The molecule has 0 aliphatic carbocycles. The standard InChI is InChI=1S/C15H19BrN4O/c1-2-20-15(21)14(16)13(10-19-20)18-9-12-5-3-11(4-6-12)7-8-17/h3-6,10,18H,2,7-9,17H2,1H3. The Morgan fingerprint density at radius 2 is 1.95 bits per heavy atom. The number of rotatable bonds is 6. The summed E-state index contributed by atoms with van der Waals surface area (Å²) in [6.45, 7) is 3.74. The van der Waals surface area contributed by atoms with E-state index < -0.39 is 0 Å². The van der Waals surface area contributed by atoms with Crippen molar-refractivity contribution in [3.63, 3.8) is 0 Å². The monoisotopic (exact) mass is 350 g/mol. The summed E-state index contributed by atoms with van der Waals surface area (Å²) < 4.78 is 1.93. The van der Waals surface area contributed by atoms with Crippen LogP contribution < -0.4 is 16.6 Å². The number of nitrogens with zero attached hydrogens (tertiary/aromatic N) is 2. The van der Waals surface area contributed by atoms with E-state index in [0.29, 0.717) is 29.8 Å². The van der Waals surface area contributed by atoms with Gasteiger partial charge in [0.2, 0.25) is 0 Å². The average Bonchev–Trinajstić information content (AvgIpc) is 2.50. The highest BCUT2D eigenvalue weighted by Gasteiger charge is 2.07. The van der Waals surface area contributed by atoms with Crippen LogP contribution >= 0.6 is 15.9 Å². The molecule has 2 aromatic rings. The van der Waals surface area contributed by atoms with Crippen LogP contribution in [0.4, 0.5) is 5.69 Å². The van der Waals surface area contributed by atoms with E-state index in [2.05, 4.69) is 50.6 Å². The van der Waals surface area contributed by atoms with Crippen LogP contribution in [0.3, 0.4) is 0 Å². The van der Waals surface area contributed by atoms with Crippen molar-refractivity contribution in [2.45, 2.75) is 26.4 Å². The molecule has 0 aliphatic rings. The molecule has 21 heavy (non-hydrogen) atoms. The highest BCUT2D eigenvalue weighted by Crippen LogP contribution is 2.17. The Balaban J connectivity index is 2.06. The van der Waals surface area contributed by atoms with Crippen molar-refractivity contribution in [3.05, 3.63) is 56.4 Å². The molecular weight excluding hydrogens is 332 g/mol. The first-order valence-corrected chi connectivity index (χ1v) is 7.72. The summed E-state index contributed by atoms with van der Waals surface area (Å²) in [5.41, 5.74) is 8.48. The van der Waals surface area contributed by atoms with Crippen molar-refractivity contribution in [2.75, 3.05) is 11.9 Å². The molecule has 2 rings (SSSR count). The molecule has 0 spiro atoms. The second-order valence-corrected chi connectivity index (χ2v) is 5.49. The number of benzene rings is 1. The third-order valence-corrected chi connectivity index (χ3v) is 3.99. The third-order valence-electron chi connectivity index (χ3n) is 3.22. The zero-order chi connectivity index (χ0) is 15.2. The summed E-state index contributed by atoms with van der Waals surface area (Å²) in [7, 11) is 0. The number of aryl methyl sites for hydroxylation is 1. The van der Waals surface area contributed by atoms with Crippen LogP contribution in [0, 0.1) is 0 Å². The predicted octanol–water partition coefficient (Wildman–Crippen LogP) is 2.14. The zero-order valence-corrected chi connectivity index (χ0v) is 13.6. The first-order chi connectivity index (χ1) is 10.2. The number of hydrogen-bond donors (Lipinski definition) is 2. The lowest BCUT2D eigenvalue weighted by atomic mass is 10.1. The van der Waals surface area contributed by atoms with E-state index in [9.17, 15) is 4.79 Å². The Morgan fingerprint density at radius 3 is 2.57 bits per heavy atom. The molecule has 0 saturated carbocycles. The number of hydrogen-bond acceptors (Lipinski definition) is 4. The van der Waals surface area contributed by atoms with Gasteiger partial charge in [0.25, 0.3) is 5.56 Å². The summed E-state index contributed by atoms with van der Waals surface area (Å²) in [5.74, 6) is 0. The first kappa shape index (κ1) is 15.7. The molecule has 1 aromatic carbocycles. The van der Waals surface area contributed by atoms with Gasteiger partial charge in [-0.25, -0.2) is 4.68 Å². The van der Waals surface area contributed by atoms with Crippen molar-refractivity contribution in [3.8, 4) is 0 Å². The molecule has 3 N–H and O–H groups in total. The second-order valence-electron chi connectivity index (χ2n) is 4.70. The third kappa shape index (κ3) is 3.92. The molecule has 0 bridgehead atoms. The highest BCUT2D eigenvalue weighted by atomic mass is 79.9. The number of nitrogens with one attached hydrogen (secondary N) is 1. The van der Waals surface area contributed by atoms with Gasteiger partial charge in [-0.2, -0.15) is 5.10 Å². The maximum atomic E-state index is 12.0. The minimum atomic E-state index is -0.124. The van der Waals surface area contributed by atoms with Crippen LogP contribution in [0.25, 0.3) is 0 Å². The maximum absolute atomic E-state index is 12.0. The summed E-state index contributed by atoms with van der Waals surface area (Å²) >= 11 is 3.33. The summed E-state index contributed by atoms with van der Waals surface area (Å²) in [5, 5.41) is 7.33. The van der Waals surface area contributed by atoms with Gasteiger partial charge in [0.1, 0.15) is 4.47 Å². The molecule has 112 valence electrons. The molecule has 0 amide bonds. The fraction of sp³-hybridized carbons (Fsp3) is 0.333. The van der Waals surface area contributed by atoms with Crippen LogP contribution in [0.2, 0.25) is 0 Å². The Bertz CT molecular complexity index is 652. The fourth-order valence-corrected chi connectivity index (χ4v) is 2.45. The second kappa shape index (κ2) is 7.38. The van der Waals surface area contributed by atoms with E-state index in [1.165, 1.54) is 10.2 Å². The lowest BCUT2D eigenvalue weighted by molar-refractivity contribution is 0.613. The van der Waals surface area contributed by atoms with Gasteiger partial charge in [0.15, 0.2) is 0 Å². The van der Waals surface area contributed by atoms with Gasteiger partial charge >= 0.3 is 0 Å². The normalized spacial score (nSPS) is 10.6. The Morgan fingerprint density at radius 1 is 1.29 bits per heavy atom. The molecule has 0 aliphatic heterocycles. The molecule has 0 fully saturated rings. The lowest BCUT2D eigenvalue weighted by Crippen LogP contribution is -2.23. The van der Waals surface area contributed by atoms with E-state index in [1.807, 2.05) is 6.92 Å².